The van der Waals surface area contributed by atoms with Crippen LogP contribution in [0.25, 0.3) is 44.7 Å². The second-order valence-electron chi connectivity index (χ2n) is 7.97. The van der Waals surface area contributed by atoms with E-state index in [1.54, 1.807) is 30.7 Å². The van der Waals surface area contributed by atoms with E-state index in [1.807, 2.05) is 66.1 Å². The molecule has 0 bridgehead atoms. The molecule has 0 aliphatic carbocycles. The van der Waals surface area contributed by atoms with Crippen LogP contribution in [0, 0.1) is 0 Å². The monoisotopic (exact) mass is 480 g/mol. The highest BCUT2D eigenvalue weighted by molar-refractivity contribution is 8.00. The minimum atomic E-state index is -0.407. The van der Waals surface area contributed by atoms with Crippen molar-refractivity contribution < 1.29 is 13.6 Å². The fourth-order valence-electron chi connectivity index (χ4n) is 4.26. The van der Waals surface area contributed by atoms with E-state index < -0.39 is 5.25 Å². The summed E-state index contributed by atoms with van der Waals surface area (Å²) in [5.74, 6) is 1.07. The van der Waals surface area contributed by atoms with Gasteiger partial charge in [0.25, 0.3) is 0 Å². The van der Waals surface area contributed by atoms with Crippen molar-refractivity contribution in [2.75, 3.05) is 0 Å². The Morgan fingerprint density at radius 2 is 1.43 bits per heavy atom. The molecule has 0 saturated carbocycles. The van der Waals surface area contributed by atoms with Crippen LogP contribution in [-0.2, 0) is 0 Å². The van der Waals surface area contributed by atoms with Crippen LogP contribution in [0.2, 0.25) is 0 Å². The molecule has 6 rings (SSSR count). The van der Waals surface area contributed by atoms with Gasteiger partial charge in [0, 0.05) is 10.8 Å². The molecule has 35 heavy (non-hydrogen) atoms. The molecule has 0 N–H and O–H groups in total. The molecule has 4 aromatic heterocycles. The predicted molar refractivity (Wildman–Crippen MR) is 135 cm³/mol. The molecule has 0 fully saturated rings. The van der Waals surface area contributed by atoms with Crippen molar-refractivity contribution in [1.29, 1.82) is 0 Å². The minimum Gasteiger partial charge on any atom is -0.463 e. The van der Waals surface area contributed by atoms with Gasteiger partial charge in [0.1, 0.15) is 5.69 Å². The average Bonchev–Trinajstić information content (AvgIpc) is 3.67. The number of nitrogens with zero attached hydrogens (tertiary/aromatic N) is 4. The van der Waals surface area contributed by atoms with E-state index in [-0.39, 0.29) is 5.91 Å². The number of carbonyl (C=O) groups excluding carboxylic acids is 1. The third-order valence-electron chi connectivity index (χ3n) is 5.87. The number of aromatic nitrogens is 4. The standard InChI is InChI=1S/C27H20N4O3S/c1-2-23(26(32)31-19-11-5-3-9-17(19)18-10-4-6-12-20(18)31)35-27-28-24(21-13-7-15-33-21)25(29-30-27)22-14-8-16-34-22/h3-16,23H,2H2,1H3. The van der Waals surface area contributed by atoms with Crippen molar-refractivity contribution >= 4 is 39.5 Å². The number of furan rings is 2. The Morgan fingerprint density at radius 3 is 2.00 bits per heavy atom. The zero-order chi connectivity index (χ0) is 23.8. The number of thioether (sulfide) groups is 1. The first kappa shape index (κ1) is 21.4. The van der Waals surface area contributed by atoms with Crippen LogP contribution in [0.15, 0.2) is 99.3 Å². The van der Waals surface area contributed by atoms with E-state index in [4.69, 9.17) is 13.8 Å². The lowest BCUT2D eigenvalue weighted by molar-refractivity contribution is 0.0919. The predicted octanol–water partition coefficient (Wildman–Crippen LogP) is 6.71. The smallest absolute Gasteiger partial charge is 0.245 e. The van der Waals surface area contributed by atoms with Gasteiger partial charge >= 0.3 is 0 Å². The highest BCUT2D eigenvalue weighted by atomic mass is 32.2. The van der Waals surface area contributed by atoms with E-state index in [2.05, 4.69) is 10.2 Å². The lowest BCUT2D eigenvalue weighted by Gasteiger charge is -2.15. The fourth-order valence-corrected chi connectivity index (χ4v) is 5.12. The summed E-state index contributed by atoms with van der Waals surface area (Å²) in [6.45, 7) is 1.99. The normalized spacial score (nSPS) is 12.4. The average molecular weight is 481 g/mol. The van der Waals surface area contributed by atoms with Crippen molar-refractivity contribution in [3.8, 4) is 22.9 Å². The Kier molecular flexibility index (Phi) is 5.42. The molecule has 1 atom stereocenters. The van der Waals surface area contributed by atoms with Crippen LogP contribution in [-0.4, -0.2) is 30.9 Å². The summed E-state index contributed by atoms with van der Waals surface area (Å²) in [7, 11) is 0. The number of rotatable bonds is 6. The Morgan fingerprint density at radius 1 is 0.829 bits per heavy atom. The first-order valence-corrected chi connectivity index (χ1v) is 12.1. The molecular formula is C27H20N4O3S. The van der Waals surface area contributed by atoms with Crippen LogP contribution in [0.3, 0.4) is 0 Å². The maximum Gasteiger partial charge on any atom is 0.245 e. The minimum absolute atomic E-state index is 0.0202. The van der Waals surface area contributed by atoms with Crippen molar-refractivity contribution in [1.82, 2.24) is 19.7 Å². The van der Waals surface area contributed by atoms with E-state index >= 15 is 0 Å². The van der Waals surface area contributed by atoms with Crippen LogP contribution in [0.4, 0.5) is 0 Å². The van der Waals surface area contributed by atoms with Crippen molar-refractivity contribution in [2.24, 2.45) is 0 Å². The van der Waals surface area contributed by atoms with E-state index in [1.165, 1.54) is 11.8 Å². The van der Waals surface area contributed by atoms with Crippen molar-refractivity contribution in [3.05, 3.63) is 85.3 Å². The molecule has 1 unspecified atom stereocenters. The topological polar surface area (TPSA) is 87.0 Å². The first-order valence-electron chi connectivity index (χ1n) is 11.3. The third-order valence-corrected chi connectivity index (χ3v) is 7.07. The van der Waals surface area contributed by atoms with Gasteiger partial charge < -0.3 is 8.83 Å². The van der Waals surface area contributed by atoms with Gasteiger partial charge in [-0.15, -0.1) is 10.2 Å². The number of hydrogen-bond donors (Lipinski definition) is 0. The number of hydrogen-bond acceptors (Lipinski definition) is 7. The Bertz CT molecular complexity index is 1590. The Labute approximate surface area is 204 Å². The molecule has 2 aromatic carbocycles. The van der Waals surface area contributed by atoms with Gasteiger partial charge in [0.2, 0.25) is 11.1 Å². The summed E-state index contributed by atoms with van der Waals surface area (Å²) in [6, 6.07) is 23.1. The van der Waals surface area contributed by atoms with Gasteiger partial charge in [-0.25, -0.2) is 4.98 Å². The molecule has 6 aromatic rings. The van der Waals surface area contributed by atoms with Gasteiger partial charge in [-0.05, 0) is 42.8 Å². The molecule has 172 valence electrons. The second kappa shape index (κ2) is 8.88. The molecular weight excluding hydrogens is 460 g/mol. The van der Waals surface area contributed by atoms with Gasteiger partial charge in [0.15, 0.2) is 17.2 Å². The Hall–Kier alpha value is -4.17. The van der Waals surface area contributed by atoms with Gasteiger partial charge in [0.05, 0.1) is 28.8 Å². The van der Waals surface area contributed by atoms with Crippen molar-refractivity contribution in [3.63, 3.8) is 0 Å². The summed E-state index contributed by atoms with van der Waals surface area (Å²) in [6.07, 6.45) is 3.75. The molecule has 0 aliphatic rings. The van der Waals surface area contributed by atoms with Gasteiger partial charge in [-0.1, -0.05) is 55.1 Å². The lowest BCUT2D eigenvalue weighted by atomic mass is 10.2. The molecule has 0 saturated heterocycles. The largest absolute Gasteiger partial charge is 0.463 e. The van der Waals surface area contributed by atoms with Crippen molar-refractivity contribution in [2.45, 2.75) is 23.8 Å². The molecule has 0 amide bonds. The number of para-hydroxylation sites is 2. The summed E-state index contributed by atoms with van der Waals surface area (Å²) >= 11 is 1.30. The third kappa shape index (κ3) is 3.72. The van der Waals surface area contributed by atoms with E-state index in [0.717, 1.165) is 21.8 Å². The summed E-state index contributed by atoms with van der Waals surface area (Å²) < 4.78 is 12.9. The summed E-state index contributed by atoms with van der Waals surface area (Å²) in [5, 5.41) is 10.8. The van der Waals surface area contributed by atoms with Crippen LogP contribution in [0.1, 0.15) is 18.1 Å². The second-order valence-corrected chi connectivity index (χ2v) is 9.14. The maximum absolute atomic E-state index is 13.9. The molecule has 7 nitrogen and oxygen atoms in total. The van der Waals surface area contributed by atoms with E-state index in [0.29, 0.717) is 34.5 Å². The molecule has 4 heterocycles. The zero-order valence-corrected chi connectivity index (χ0v) is 19.6. The molecule has 0 spiro atoms. The maximum atomic E-state index is 13.9. The first-order chi connectivity index (χ1) is 17.2. The summed E-state index contributed by atoms with van der Waals surface area (Å²) in [4.78, 5) is 18.6. The highest BCUT2D eigenvalue weighted by Crippen LogP contribution is 2.34. The lowest BCUT2D eigenvalue weighted by Crippen LogP contribution is -2.23. The van der Waals surface area contributed by atoms with E-state index in [9.17, 15) is 4.79 Å². The highest BCUT2D eigenvalue weighted by Gasteiger charge is 2.26. The molecule has 0 radical (unpaired) electrons. The fraction of sp³-hybridized carbons (Fsp3) is 0.111. The quantitative estimate of drug-likeness (QED) is 0.245. The van der Waals surface area contributed by atoms with Crippen LogP contribution >= 0.6 is 11.8 Å². The zero-order valence-electron chi connectivity index (χ0n) is 18.8. The van der Waals surface area contributed by atoms with Crippen LogP contribution < -0.4 is 0 Å². The van der Waals surface area contributed by atoms with Gasteiger partial charge in [-0.2, -0.15) is 0 Å². The summed E-state index contributed by atoms with van der Waals surface area (Å²) in [5.41, 5.74) is 2.78. The SMILES string of the molecule is CCC(Sc1nnc(-c2ccco2)c(-c2ccco2)n1)C(=O)n1c2ccccc2c2ccccc21. The van der Waals surface area contributed by atoms with Crippen LogP contribution in [0.5, 0.6) is 0 Å². The number of carbonyl (C=O) groups is 1. The number of benzene rings is 2. The number of fused-ring (bicyclic) bond motifs is 3. The molecule has 8 heteroatoms. The Balaban J connectivity index is 1.40. The van der Waals surface area contributed by atoms with Gasteiger partial charge in [-0.3, -0.25) is 9.36 Å². The molecule has 0 aliphatic heterocycles.